The maximum atomic E-state index is 11.8. The molecule has 1 rings (SSSR count). The quantitative estimate of drug-likeness (QED) is 0.704. The third-order valence-corrected chi connectivity index (χ3v) is 2.83. The lowest BCUT2D eigenvalue weighted by Gasteiger charge is -2.18. The van der Waals surface area contributed by atoms with Crippen molar-refractivity contribution in [1.29, 1.82) is 0 Å². The van der Waals surface area contributed by atoms with E-state index in [1.165, 1.54) is 0 Å². The summed E-state index contributed by atoms with van der Waals surface area (Å²) in [4.78, 5) is 16.0. The largest absolute Gasteiger partial charge is 0.462 e. The van der Waals surface area contributed by atoms with Gasteiger partial charge in [0.15, 0.2) is 0 Å². The third kappa shape index (κ3) is 4.87. The summed E-state index contributed by atoms with van der Waals surface area (Å²) in [7, 11) is 0. The van der Waals surface area contributed by atoms with Crippen LogP contribution in [0.1, 0.15) is 43.5 Å². The van der Waals surface area contributed by atoms with E-state index in [1.54, 1.807) is 25.3 Å². The Morgan fingerprint density at radius 3 is 2.95 bits per heavy atom. The zero-order valence-electron chi connectivity index (χ0n) is 11.7. The van der Waals surface area contributed by atoms with Crippen molar-refractivity contribution in [2.75, 3.05) is 18.5 Å². The molecule has 106 valence electrons. The van der Waals surface area contributed by atoms with E-state index in [0.717, 1.165) is 19.3 Å². The van der Waals surface area contributed by atoms with Crippen LogP contribution in [0.2, 0.25) is 0 Å². The number of nitrogens with two attached hydrogens (primary N) is 1. The normalized spacial score (nSPS) is 11.9. The van der Waals surface area contributed by atoms with Crippen molar-refractivity contribution in [2.24, 2.45) is 5.73 Å². The monoisotopic (exact) mass is 265 g/mol. The van der Waals surface area contributed by atoms with E-state index in [0.29, 0.717) is 24.5 Å². The molecule has 1 aromatic rings. The molecular weight excluding hydrogens is 242 g/mol. The molecule has 0 aliphatic heterocycles. The van der Waals surface area contributed by atoms with Crippen LogP contribution in [0.3, 0.4) is 0 Å². The molecule has 5 heteroatoms. The third-order valence-electron chi connectivity index (χ3n) is 2.83. The van der Waals surface area contributed by atoms with Gasteiger partial charge in [0.25, 0.3) is 0 Å². The van der Waals surface area contributed by atoms with Gasteiger partial charge in [-0.3, -0.25) is 0 Å². The highest BCUT2D eigenvalue weighted by Crippen LogP contribution is 2.15. The molecule has 0 aliphatic rings. The molecule has 0 amide bonds. The minimum Gasteiger partial charge on any atom is -0.462 e. The zero-order valence-corrected chi connectivity index (χ0v) is 11.7. The predicted molar refractivity (Wildman–Crippen MR) is 76.2 cm³/mol. The zero-order chi connectivity index (χ0) is 14.1. The predicted octanol–water partition coefficient (Wildman–Crippen LogP) is 2.19. The molecule has 0 saturated carbocycles. The summed E-state index contributed by atoms with van der Waals surface area (Å²) in [6.45, 7) is 4.78. The van der Waals surface area contributed by atoms with Crippen LogP contribution in [-0.4, -0.2) is 30.1 Å². The Morgan fingerprint density at radius 1 is 1.53 bits per heavy atom. The molecule has 5 nitrogen and oxygen atoms in total. The highest BCUT2D eigenvalue weighted by Gasteiger charge is 2.15. The number of carbonyl (C=O) groups excluding carboxylic acids is 1. The summed E-state index contributed by atoms with van der Waals surface area (Å²) in [5, 5.41) is 3.23. The lowest BCUT2D eigenvalue weighted by atomic mass is 10.1. The van der Waals surface area contributed by atoms with E-state index < -0.39 is 0 Å². The standard InChI is InChI=1S/C14H23N3O2/c1-3-5-7-11(10-15)17-13-12(8-6-9-16-13)14(18)19-4-2/h6,8-9,11H,3-5,7,10,15H2,1-2H3,(H,16,17). The molecular formula is C14H23N3O2. The number of hydrogen-bond acceptors (Lipinski definition) is 5. The van der Waals surface area contributed by atoms with Gasteiger partial charge in [-0.1, -0.05) is 19.8 Å². The second-order valence-corrected chi connectivity index (χ2v) is 4.34. The topological polar surface area (TPSA) is 77.2 Å². The molecule has 0 fully saturated rings. The molecule has 3 N–H and O–H groups in total. The van der Waals surface area contributed by atoms with Gasteiger partial charge in [0.05, 0.1) is 6.61 Å². The number of pyridine rings is 1. The summed E-state index contributed by atoms with van der Waals surface area (Å²) in [5.41, 5.74) is 6.20. The number of nitrogens with zero attached hydrogens (tertiary/aromatic N) is 1. The second-order valence-electron chi connectivity index (χ2n) is 4.34. The van der Waals surface area contributed by atoms with Gasteiger partial charge in [0.1, 0.15) is 11.4 Å². The van der Waals surface area contributed by atoms with Crippen LogP contribution in [-0.2, 0) is 4.74 Å². The van der Waals surface area contributed by atoms with E-state index in [-0.39, 0.29) is 12.0 Å². The van der Waals surface area contributed by atoms with Crippen LogP contribution in [0.15, 0.2) is 18.3 Å². The van der Waals surface area contributed by atoms with Crippen LogP contribution in [0.5, 0.6) is 0 Å². The fourth-order valence-electron chi connectivity index (χ4n) is 1.79. The van der Waals surface area contributed by atoms with Gasteiger partial charge in [-0.2, -0.15) is 0 Å². The van der Waals surface area contributed by atoms with Gasteiger partial charge < -0.3 is 15.8 Å². The number of hydrogen-bond donors (Lipinski definition) is 2. The number of esters is 1. The second kappa shape index (κ2) is 8.48. The van der Waals surface area contributed by atoms with Gasteiger partial charge in [-0.25, -0.2) is 9.78 Å². The summed E-state index contributed by atoms with van der Waals surface area (Å²) in [6, 6.07) is 3.56. The molecule has 0 spiro atoms. The van der Waals surface area contributed by atoms with E-state index in [9.17, 15) is 4.79 Å². The Morgan fingerprint density at radius 2 is 2.32 bits per heavy atom. The van der Waals surface area contributed by atoms with Crippen molar-refractivity contribution >= 4 is 11.8 Å². The Balaban J connectivity index is 2.78. The SMILES string of the molecule is CCCCC(CN)Nc1ncccc1C(=O)OCC. The fraction of sp³-hybridized carbons (Fsp3) is 0.571. The number of rotatable bonds is 8. The van der Waals surface area contributed by atoms with Crippen molar-refractivity contribution in [3.8, 4) is 0 Å². The summed E-state index contributed by atoms with van der Waals surface area (Å²) in [5.74, 6) is 0.192. The van der Waals surface area contributed by atoms with E-state index >= 15 is 0 Å². The number of aromatic nitrogens is 1. The average molecular weight is 265 g/mol. The Bertz CT molecular complexity index is 396. The number of unbranched alkanes of at least 4 members (excludes halogenated alkanes) is 1. The highest BCUT2D eigenvalue weighted by atomic mass is 16.5. The van der Waals surface area contributed by atoms with Crippen LogP contribution in [0.4, 0.5) is 5.82 Å². The summed E-state index contributed by atoms with van der Waals surface area (Å²) >= 11 is 0. The minimum absolute atomic E-state index is 0.128. The van der Waals surface area contributed by atoms with Crippen molar-refractivity contribution in [3.63, 3.8) is 0 Å². The van der Waals surface area contributed by atoms with Crippen molar-refractivity contribution in [2.45, 2.75) is 39.2 Å². The Hall–Kier alpha value is -1.62. The number of carbonyl (C=O) groups is 1. The fourth-order valence-corrected chi connectivity index (χ4v) is 1.79. The van der Waals surface area contributed by atoms with Crippen LogP contribution in [0.25, 0.3) is 0 Å². The Kier molecular flexibility index (Phi) is 6.89. The van der Waals surface area contributed by atoms with Crippen LogP contribution >= 0.6 is 0 Å². The lowest BCUT2D eigenvalue weighted by molar-refractivity contribution is 0.0527. The first kappa shape index (κ1) is 15.4. The molecule has 0 aromatic carbocycles. The maximum absolute atomic E-state index is 11.8. The first-order valence-electron chi connectivity index (χ1n) is 6.81. The van der Waals surface area contributed by atoms with Crippen LogP contribution < -0.4 is 11.1 Å². The first-order chi connectivity index (χ1) is 9.22. The lowest BCUT2D eigenvalue weighted by Crippen LogP contribution is -2.30. The molecule has 1 heterocycles. The first-order valence-corrected chi connectivity index (χ1v) is 6.81. The molecule has 0 saturated heterocycles. The Labute approximate surface area is 114 Å². The molecule has 0 aliphatic carbocycles. The van der Waals surface area contributed by atoms with Gasteiger partial charge >= 0.3 is 5.97 Å². The molecule has 19 heavy (non-hydrogen) atoms. The molecule has 1 atom stereocenters. The summed E-state index contributed by atoms with van der Waals surface area (Å²) in [6.07, 6.45) is 4.83. The molecule has 0 bridgehead atoms. The van der Waals surface area contributed by atoms with Gasteiger partial charge in [-0.05, 0) is 25.5 Å². The maximum Gasteiger partial charge on any atom is 0.341 e. The number of anilines is 1. The van der Waals surface area contributed by atoms with Gasteiger partial charge in [0, 0.05) is 18.8 Å². The minimum atomic E-state index is -0.357. The molecule has 0 radical (unpaired) electrons. The number of nitrogens with one attached hydrogen (secondary N) is 1. The number of ether oxygens (including phenoxy) is 1. The summed E-state index contributed by atoms with van der Waals surface area (Å²) < 4.78 is 5.01. The molecule has 1 aromatic heterocycles. The van der Waals surface area contributed by atoms with E-state index in [1.807, 2.05) is 0 Å². The van der Waals surface area contributed by atoms with Crippen molar-refractivity contribution < 1.29 is 9.53 Å². The van der Waals surface area contributed by atoms with E-state index in [4.69, 9.17) is 10.5 Å². The van der Waals surface area contributed by atoms with Crippen molar-refractivity contribution in [3.05, 3.63) is 23.9 Å². The van der Waals surface area contributed by atoms with Gasteiger partial charge in [0.2, 0.25) is 0 Å². The molecule has 1 unspecified atom stereocenters. The smallest absolute Gasteiger partial charge is 0.341 e. The van der Waals surface area contributed by atoms with Gasteiger partial charge in [-0.15, -0.1) is 0 Å². The highest BCUT2D eigenvalue weighted by molar-refractivity contribution is 5.94. The van der Waals surface area contributed by atoms with E-state index in [2.05, 4.69) is 17.2 Å². The van der Waals surface area contributed by atoms with Crippen molar-refractivity contribution in [1.82, 2.24) is 4.98 Å². The average Bonchev–Trinajstić information content (AvgIpc) is 2.44. The van der Waals surface area contributed by atoms with Crippen LogP contribution in [0, 0.1) is 0 Å².